The molecule has 2 aromatic rings. The van der Waals surface area contributed by atoms with E-state index >= 15 is 0 Å². The lowest BCUT2D eigenvalue weighted by atomic mass is 10.4. The van der Waals surface area contributed by atoms with E-state index in [9.17, 15) is 13.2 Å². The fourth-order valence-electron chi connectivity index (χ4n) is 1.13. The summed E-state index contributed by atoms with van der Waals surface area (Å²) >= 11 is 3.10. The van der Waals surface area contributed by atoms with Crippen LogP contribution >= 0.6 is 15.9 Å². The Bertz CT molecular complexity index is 550. The Hall–Kier alpha value is -1.64. The molecule has 17 heavy (non-hydrogen) atoms. The minimum Gasteiger partial charge on any atom is -0.368 e. The first-order chi connectivity index (χ1) is 7.88. The van der Waals surface area contributed by atoms with Gasteiger partial charge in [-0.1, -0.05) is 0 Å². The van der Waals surface area contributed by atoms with Gasteiger partial charge in [0.25, 0.3) is 0 Å². The Morgan fingerprint density at radius 2 is 2.06 bits per heavy atom. The Kier molecular flexibility index (Phi) is 2.77. The largest absolute Gasteiger partial charge is 0.435 e. The fraction of sp³-hybridized carbons (Fsp3) is 0.125. The van der Waals surface area contributed by atoms with Crippen LogP contribution in [0.25, 0.3) is 5.82 Å². The number of nitrogen functional groups attached to an aromatic ring is 1. The molecule has 0 fully saturated rings. The first-order valence-electron chi connectivity index (χ1n) is 4.29. The molecule has 2 aromatic heterocycles. The molecule has 0 saturated heterocycles. The van der Waals surface area contributed by atoms with E-state index in [4.69, 9.17) is 5.73 Å². The van der Waals surface area contributed by atoms with Crippen molar-refractivity contribution >= 4 is 21.9 Å². The van der Waals surface area contributed by atoms with Gasteiger partial charge in [0.05, 0.1) is 4.47 Å². The highest BCUT2D eigenvalue weighted by molar-refractivity contribution is 9.10. The molecule has 2 heterocycles. The molecule has 0 aromatic carbocycles. The van der Waals surface area contributed by atoms with Gasteiger partial charge in [0.2, 0.25) is 5.95 Å². The third-order valence-corrected chi connectivity index (χ3v) is 2.40. The second-order valence-electron chi connectivity index (χ2n) is 3.04. The standard InChI is InChI=1S/C8H5BrF3N5/c9-4-3-14-7(13)15-6(4)17-2-1-5(16-17)8(10,11)12/h1-3H,(H2,13,14,15). The number of nitrogens with zero attached hydrogens (tertiary/aromatic N) is 4. The van der Waals surface area contributed by atoms with Crippen molar-refractivity contribution in [3.63, 3.8) is 0 Å². The second kappa shape index (κ2) is 3.99. The van der Waals surface area contributed by atoms with Crippen LogP contribution in [-0.4, -0.2) is 19.7 Å². The molecule has 5 nitrogen and oxygen atoms in total. The summed E-state index contributed by atoms with van der Waals surface area (Å²) in [5.74, 6) is 0.0975. The van der Waals surface area contributed by atoms with Crippen LogP contribution in [0.2, 0.25) is 0 Å². The summed E-state index contributed by atoms with van der Waals surface area (Å²) in [6.45, 7) is 0. The quantitative estimate of drug-likeness (QED) is 0.875. The SMILES string of the molecule is Nc1ncc(Br)c(-n2ccc(C(F)(F)F)n2)n1. The van der Waals surface area contributed by atoms with Crippen molar-refractivity contribution in [3.8, 4) is 5.82 Å². The summed E-state index contributed by atoms with van der Waals surface area (Å²) in [6, 6.07) is 0.852. The normalized spacial score (nSPS) is 11.8. The number of rotatable bonds is 1. The third-order valence-electron chi connectivity index (χ3n) is 1.84. The smallest absolute Gasteiger partial charge is 0.368 e. The summed E-state index contributed by atoms with van der Waals surface area (Å²) in [5.41, 5.74) is 4.35. The molecular formula is C8H5BrF3N5. The number of anilines is 1. The Morgan fingerprint density at radius 3 is 2.65 bits per heavy atom. The van der Waals surface area contributed by atoms with E-state index in [1.54, 1.807) is 0 Å². The van der Waals surface area contributed by atoms with E-state index in [2.05, 4.69) is 31.0 Å². The monoisotopic (exact) mass is 307 g/mol. The van der Waals surface area contributed by atoms with Gasteiger partial charge in [-0.05, 0) is 22.0 Å². The van der Waals surface area contributed by atoms with Gasteiger partial charge in [0.1, 0.15) is 0 Å². The van der Waals surface area contributed by atoms with Crippen LogP contribution in [-0.2, 0) is 6.18 Å². The molecule has 0 spiro atoms. The minimum absolute atomic E-state index is 0.0488. The molecule has 0 bridgehead atoms. The molecule has 0 aliphatic heterocycles. The molecule has 0 amide bonds. The van der Waals surface area contributed by atoms with Crippen LogP contribution in [0.4, 0.5) is 19.1 Å². The Balaban J connectivity index is 2.47. The van der Waals surface area contributed by atoms with E-state index in [-0.39, 0.29) is 11.8 Å². The zero-order valence-electron chi connectivity index (χ0n) is 8.11. The lowest BCUT2D eigenvalue weighted by Gasteiger charge is -2.04. The zero-order chi connectivity index (χ0) is 12.6. The lowest BCUT2D eigenvalue weighted by molar-refractivity contribution is -0.141. The third kappa shape index (κ3) is 2.38. The minimum atomic E-state index is -4.49. The van der Waals surface area contributed by atoms with E-state index in [1.807, 2.05) is 0 Å². The highest BCUT2D eigenvalue weighted by atomic mass is 79.9. The van der Waals surface area contributed by atoms with Crippen molar-refractivity contribution in [1.29, 1.82) is 0 Å². The fourth-order valence-corrected chi connectivity index (χ4v) is 1.50. The topological polar surface area (TPSA) is 69.6 Å². The average Bonchev–Trinajstić information content (AvgIpc) is 2.70. The van der Waals surface area contributed by atoms with Crippen molar-refractivity contribution in [2.45, 2.75) is 6.18 Å². The van der Waals surface area contributed by atoms with Crippen LogP contribution in [0.5, 0.6) is 0 Å². The molecular weight excluding hydrogens is 303 g/mol. The molecule has 0 unspecified atom stereocenters. The average molecular weight is 308 g/mol. The number of halogens is 4. The van der Waals surface area contributed by atoms with Gasteiger partial charge in [-0.15, -0.1) is 0 Å². The highest BCUT2D eigenvalue weighted by Crippen LogP contribution is 2.28. The predicted molar refractivity (Wildman–Crippen MR) is 56.3 cm³/mol. The molecule has 9 heteroatoms. The van der Waals surface area contributed by atoms with E-state index in [0.29, 0.717) is 4.47 Å². The highest BCUT2D eigenvalue weighted by Gasteiger charge is 2.33. The van der Waals surface area contributed by atoms with Gasteiger partial charge in [-0.25, -0.2) is 9.67 Å². The zero-order valence-corrected chi connectivity index (χ0v) is 9.70. The van der Waals surface area contributed by atoms with Crippen LogP contribution in [0.15, 0.2) is 22.9 Å². The second-order valence-corrected chi connectivity index (χ2v) is 3.90. The van der Waals surface area contributed by atoms with Gasteiger partial charge in [-0.3, -0.25) is 0 Å². The molecule has 0 atom stereocenters. The molecule has 90 valence electrons. The van der Waals surface area contributed by atoms with E-state index in [1.165, 1.54) is 6.20 Å². The number of hydrogen-bond acceptors (Lipinski definition) is 4. The lowest BCUT2D eigenvalue weighted by Crippen LogP contribution is -2.09. The summed E-state index contributed by atoms with van der Waals surface area (Å²) < 4.78 is 38.4. The number of alkyl halides is 3. The van der Waals surface area contributed by atoms with Crippen molar-refractivity contribution in [3.05, 3.63) is 28.6 Å². The molecule has 0 saturated carbocycles. The maximum atomic E-state index is 12.4. The summed E-state index contributed by atoms with van der Waals surface area (Å²) in [7, 11) is 0. The van der Waals surface area contributed by atoms with E-state index < -0.39 is 11.9 Å². The molecule has 0 aliphatic rings. The number of hydrogen-bond donors (Lipinski definition) is 1. The molecule has 0 aliphatic carbocycles. The van der Waals surface area contributed by atoms with Crippen LogP contribution in [0.1, 0.15) is 5.69 Å². The van der Waals surface area contributed by atoms with Crippen molar-refractivity contribution < 1.29 is 13.2 Å². The van der Waals surface area contributed by atoms with Crippen molar-refractivity contribution in [2.24, 2.45) is 0 Å². The van der Waals surface area contributed by atoms with Gasteiger partial charge in [0.15, 0.2) is 11.5 Å². The number of aromatic nitrogens is 4. The Labute approximate surface area is 102 Å². The van der Waals surface area contributed by atoms with Gasteiger partial charge in [0, 0.05) is 12.4 Å². The summed E-state index contributed by atoms with van der Waals surface area (Å²) in [6.07, 6.45) is -2.00. The van der Waals surface area contributed by atoms with Crippen molar-refractivity contribution in [1.82, 2.24) is 19.7 Å². The maximum Gasteiger partial charge on any atom is 0.435 e. The predicted octanol–water partition coefficient (Wildman–Crippen LogP) is 2.03. The maximum absolute atomic E-state index is 12.4. The van der Waals surface area contributed by atoms with Gasteiger partial charge < -0.3 is 5.73 Å². The summed E-state index contributed by atoms with van der Waals surface area (Å²) in [5, 5.41) is 3.37. The van der Waals surface area contributed by atoms with Crippen LogP contribution < -0.4 is 5.73 Å². The van der Waals surface area contributed by atoms with Gasteiger partial charge >= 0.3 is 6.18 Å². The molecule has 2 N–H and O–H groups in total. The van der Waals surface area contributed by atoms with Crippen LogP contribution in [0.3, 0.4) is 0 Å². The van der Waals surface area contributed by atoms with Crippen molar-refractivity contribution in [2.75, 3.05) is 5.73 Å². The van der Waals surface area contributed by atoms with Gasteiger partial charge in [-0.2, -0.15) is 23.3 Å². The molecule has 0 radical (unpaired) electrons. The number of nitrogens with two attached hydrogens (primary N) is 1. The Morgan fingerprint density at radius 1 is 1.35 bits per heavy atom. The van der Waals surface area contributed by atoms with Crippen LogP contribution in [0, 0.1) is 0 Å². The van der Waals surface area contributed by atoms with E-state index in [0.717, 1.165) is 16.9 Å². The first kappa shape index (κ1) is 11.8. The summed E-state index contributed by atoms with van der Waals surface area (Å²) in [4.78, 5) is 7.47. The first-order valence-corrected chi connectivity index (χ1v) is 5.08. The molecule has 2 rings (SSSR count).